The quantitative estimate of drug-likeness (QED) is 0.608. The van der Waals surface area contributed by atoms with Crippen molar-refractivity contribution in [3.63, 3.8) is 0 Å². The second kappa shape index (κ2) is 9.34. The number of carboxylic acids is 1. The van der Waals surface area contributed by atoms with Crippen LogP contribution in [0.1, 0.15) is 18.1 Å². The van der Waals surface area contributed by atoms with Gasteiger partial charge in [-0.15, -0.1) is 0 Å². The van der Waals surface area contributed by atoms with E-state index in [2.05, 4.69) is 0 Å². The van der Waals surface area contributed by atoms with Crippen molar-refractivity contribution in [3.8, 4) is 0 Å². The van der Waals surface area contributed by atoms with Crippen LogP contribution in [-0.2, 0) is 4.79 Å². The zero-order valence-corrected chi connectivity index (χ0v) is 11.4. The van der Waals surface area contributed by atoms with Gasteiger partial charge in [0.2, 0.25) is 0 Å². The molecular formula is C18H18O2. The Labute approximate surface area is 119 Å². The Kier molecular flexibility index (Phi) is 7.21. The lowest BCUT2D eigenvalue weighted by Gasteiger charge is -1.98. The molecule has 0 atom stereocenters. The first-order valence-electron chi connectivity index (χ1n) is 6.37. The number of aliphatic carboxylic acids is 1. The molecule has 102 valence electrons. The van der Waals surface area contributed by atoms with E-state index in [-0.39, 0.29) is 0 Å². The van der Waals surface area contributed by atoms with Gasteiger partial charge < -0.3 is 5.11 Å². The highest BCUT2D eigenvalue weighted by Crippen LogP contribution is 2.12. The van der Waals surface area contributed by atoms with Gasteiger partial charge >= 0.3 is 5.97 Å². The summed E-state index contributed by atoms with van der Waals surface area (Å²) in [6.45, 7) is 1.97. The monoisotopic (exact) mass is 266 g/mol. The summed E-state index contributed by atoms with van der Waals surface area (Å²) >= 11 is 0. The predicted octanol–water partition coefficient (Wildman–Crippen LogP) is 4.49. The van der Waals surface area contributed by atoms with E-state index in [4.69, 9.17) is 5.11 Å². The molecule has 0 bridgehead atoms. The Hall–Kier alpha value is -2.61. The predicted molar refractivity (Wildman–Crippen MR) is 85.2 cm³/mol. The van der Waals surface area contributed by atoms with Gasteiger partial charge in [-0.05, 0) is 24.1 Å². The average molecular weight is 266 g/mol. The van der Waals surface area contributed by atoms with Crippen molar-refractivity contribution in [2.45, 2.75) is 6.92 Å². The van der Waals surface area contributed by atoms with Gasteiger partial charge in [-0.1, -0.05) is 72.9 Å². The molecule has 0 radical (unpaired) electrons. The molecule has 0 amide bonds. The minimum absolute atomic E-state index is 0.879. The van der Waals surface area contributed by atoms with E-state index in [1.807, 2.05) is 79.8 Å². The third-order valence-electron chi connectivity index (χ3n) is 2.43. The molecule has 2 nitrogen and oxygen atoms in total. The largest absolute Gasteiger partial charge is 0.478 e. The summed E-state index contributed by atoms with van der Waals surface area (Å²) in [6.07, 6.45) is 18.3. The molecule has 0 aliphatic rings. The van der Waals surface area contributed by atoms with Crippen LogP contribution < -0.4 is 0 Å². The maximum absolute atomic E-state index is 10.5. The summed E-state index contributed by atoms with van der Waals surface area (Å²) in [5.41, 5.74) is 1.86. The standard InChI is InChI=1S/C18H18O2/c1-2-3-4-5-6-7-8-11-16-12-9-10-13-17(16)14-15-18(19)20/h2-15H,1H3,(H,19,20)/b3-2+,5-4+,7-6+,11-8-,15-14+. The van der Waals surface area contributed by atoms with Crippen LogP contribution in [0.15, 0.2) is 72.9 Å². The van der Waals surface area contributed by atoms with Gasteiger partial charge in [0, 0.05) is 6.08 Å². The average Bonchev–Trinajstić information content (AvgIpc) is 2.45. The zero-order valence-electron chi connectivity index (χ0n) is 11.4. The number of benzene rings is 1. The molecule has 0 spiro atoms. The molecule has 1 N–H and O–H groups in total. The number of hydrogen-bond donors (Lipinski definition) is 1. The second-order valence-corrected chi connectivity index (χ2v) is 3.96. The molecule has 0 aliphatic heterocycles. The Morgan fingerprint density at radius 3 is 2.05 bits per heavy atom. The van der Waals surface area contributed by atoms with E-state index < -0.39 is 5.97 Å². The number of hydrogen-bond acceptors (Lipinski definition) is 1. The van der Waals surface area contributed by atoms with E-state index in [9.17, 15) is 4.79 Å². The van der Waals surface area contributed by atoms with Crippen LogP contribution in [0.3, 0.4) is 0 Å². The first kappa shape index (κ1) is 15.4. The van der Waals surface area contributed by atoms with Gasteiger partial charge in [-0.2, -0.15) is 0 Å². The highest BCUT2D eigenvalue weighted by atomic mass is 16.4. The van der Waals surface area contributed by atoms with Gasteiger partial charge in [-0.3, -0.25) is 0 Å². The third-order valence-corrected chi connectivity index (χ3v) is 2.43. The molecule has 0 saturated carbocycles. The maximum atomic E-state index is 10.5. The van der Waals surface area contributed by atoms with Crippen molar-refractivity contribution >= 4 is 18.1 Å². The van der Waals surface area contributed by atoms with Crippen LogP contribution in [0.2, 0.25) is 0 Å². The fourth-order valence-electron chi connectivity index (χ4n) is 1.50. The molecule has 0 unspecified atom stereocenters. The van der Waals surface area contributed by atoms with Crippen molar-refractivity contribution in [1.29, 1.82) is 0 Å². The Morgan fingerprint density at radius 1 is 0.900 bits per heavy atom. The smallest absolute Gasteiger partial charge is 0.328 e. The van der Waals surface area contributed by atoms with Gasteiger partial charge in [0.25, 0.3) is 0 Å². The fraction of sp³-hybridized carbons (Fsp3) is 0.0556. The highest BCUT2D eigenvalue weighted by Gasteiger charge is 1.94. The van der Waals surface area contributed by atoms with Crippen LogP contribution in [0.25, 0.3) is 12.2 Å². The fourth-order valence-corrected chi connectivity index (χ4v) is 1.50. The van der Waals surface area contributed by atoms with Crippen molar-refractivity contribution < 1.29 is 9.90 Å². The second-order valence-electron chi connectivity index (χ2n) is 3.96. The van der Waals surface area contributed by atoms with Gasteiger partial charge in [0.05, 0.1) is 0 Å². The first-order valence-corrected chi connectivity index (χ1v) is 6.37. The zero-order chi connectivity index (χ0) is 14.6. The minimum atomic E-state index is -0.946. The molecule has 0 aromatic heterocycles. The molecule has 2 heteroatoms. The lowest BCUT2D eigenvalue weighted by Crippen LogP contribution is -1.86. The summed E-state index contributed by atoms with van der Waals surface area (Å²) in [7, 11) is 0. The van der Waals surface area contributed by atoms with Crippen molar-refractivity contribution in [1.82, 2.24) is 0 Å². The van der Waals surface area contributed by atoms with Crippen molar-refractivity contribution in [3.05, 3.63) is 84.0 Å². The molecule has 0 fully saturated rings. The van der Waals surface area contributed by atoms with Crippen molar-refractivity contribution in [2.75, 3.05) is 0 Å². The summed E-state index contributed by atoms with van der Waals surface area (Å²) in [5.74, 6) is -0.946. The van der Waals surface area contributed by atoms with Crippen molar-refractivity contribution in [2.24, 2.45) is 0 Å². The molecule has 1 aromatic carbocycles. The summed E-state index contributed by atoms with van der Waals surface area (Å²) in [5, 5.41) is 8.65. The molecule has 0 saturated heterocycles. The molecule has 0 heterocycles. The van der Waals surface area contributed by atoms with E-state index >= 15 is 0 Å². The lowest BCUT2D eigenvalue weighted by atomic mass is 10.1. The van der Waals surface area contributed by atoms with Gasteiger partial charge in [-0.25, -0.2) is 4.79 Å². The van der Waals surface area contributed by atoms with Crippen LogP contribution in [0.4, 0.5) is 0 Å². The number of allylic oxidation sites excluding steroid dienone is 7. The van der Waals surface area contributed by atoms with E-state index in [1.54, 1.807) is 6.08 Å². The van der Waals surface area contributed by atoms with Gasteiger partial charge in [0.15, 0.2) is 0 Å². The Balaban J connectivity index is 2.74. The topological polar surface area (TPSA) is 37.3 Å². The number of carboxylic acid groups (broad SMARTS) is 1. The highest BCUT2D eigenvalue weighted by molar-refractivity contribution is 5.86. The van der Waals surface area contributed by atoms with E-state index in [0.717, 1.165) is 17.2 Å². The summed E-state index contributed by atoms with van der Waals surface area (Å²) in [4.78, 5) is 10.5. The van der Waals surface area contributed by atoms with Gasteiger partial charge in [0.1, 0.15) is 0 Å². The van der Waals surface area contributed by atoms with Crippen LogP contribution >= 0.6 is 0 Å². The molecule has 20 heavy (non-hydrogen) atoms. The summed E-state index contributed by atoms with van der Waals surface area (Å²) in [6, 6.07) is 7.64. The minimum Gasteiger partial charge on any atom is -0.478 e. The molecule has 0 aliphatic carbocycles. The first-order chi connectivity index (χ1) is 9.74. The summed E-state index contributed by atoms with van der Waals surface area (Å²) < 4.78 is 0. The van der Waals surface area contributed by atoms with Crippen LogP contribution in [0.5, 0.6) is 0 Å². The number of rotatable bonds is 6. The Bertz CT molecular complexity index is 573. The molecule has 1 aromatic rings. The van der Waals surface area contributed by atoms with E-state index in [0.29, 0.717) is 0 Å². The van der Waals surface area contributed by atoms with Crippen LogP contribution in [-0.4, -0.2) is 11.1 Å². The maximum Gasteiger partial charge on any atom is 0.328 e. The SMILES string of the molecule is C/C=C/C=C/C=C/C=C\c1ccccc1/C=C/C(=O)O. The molecular weight excluding hydrogens is 248 g/mol. The Morgan fingerprint density at radius 2 is 1.45 bits per heavy atom. The number of carbonyl (C=O) groups is 1. The third kappa shape index (κ3) is 6.36. The van der Waals surface area contributed by atoms with Crippen LogP contribution in [0, 0.1) is 0 Å². The van der Waals surface area contributed by atoms with E-state index in [1.165, 1.54) is 0 Å². The lowest BCUT2D eigenvalue weighted by molar-refractivity contribution is -0.131. The normalized spacial score (nSPS) is 12.7. The molecule has 1 rings (SSSR count).